The zero-order valence-electron chi connectivity index (χ0n) is 16.8. The lowest BCUT2D eigenvalue weighted by molar-refractivity contribution is 0.253. The van der Waals surface area contributed by atoms with Gasteiger partial charge in [0.1, 0.15) is 0 Å². The number of benzene rings is 2. The van der Waals surface area contributed by atoms with Crippen LogP contribution in [0.4, 0.5) is 0 Å². The van der Waals surface area contributed by atoms with Crippen molar-refractivity contribution in [3.63, 3.8) is 0 Å². The smallest absolute Gasteiger partial charge is 0.0164 e. The highest BCUT2D eigenvalue weighted by molar-refractivity contribution is 5.90. The molecule has 0 heterocycles. The van der Waals surface area contributed by atoms with E-state index in [1.165, 1.54) is 28.7 Å². The van der Waals surface area contributed by atoms with Gasteiger partial charge in [0, 0.05) is 17.4 Å². The summed E-state index contributed by atoms with van der Waals surface area (Å²) in [7, 11) is 4.50. The Labute approximate surface area is 163 Å². The molecule has 0 aromatic heterocycles. The Balaban J connectivity index is 1.65. The van der Waals surface area contributed by atoms with Crippen molar-refractivity contribution in [3.05, 3.63) is 89.0 Å². The fraction of sp³-hybridized carbons (Fsp3) is 0.385. The molecule has 0 spiro atoms. The van der Waals surface area contributed by atoms with E-state index in [0.717, 1.165) is 0 Å². The second-order valence-corrected chi connectivity index (χ2v) is 9.27. The fourth-order valence-electron chi connectivity index (χ4n) is 5.91. The van der Waals surface area contributed by atoms with Crippen LogP contribution >= 0.6 is 0 Å². The summed E-state index contributed by atoms with van der Waals surface area (Å²) in [4.78, 5) is 2.45. The average molecular weight is 356 g/mol. The average Bonchev–Trinajstić information content (AvgIpc) is 3.16. The van der Waals surface area contributed by atoms with Crippen LogP contribution in [0.2, 0.25) is 0 Å². The molecule has 138 valence electrons. The second-order valence-electron chi connectivity index (χ2n) is 9.27. The van der Waals surface area contributed by atoms with Crippen molar-refractivity contribution >= 4 is 5.57 Å². The van der Waals surface area contributed by atoms with Gasteiger partial charge < -0.3 is 4.90 Å². The predicted molar refractivity (Wildman–Crippen MR) is 114 cm³/mol. The van der Waals surface area contributed by atoms with Crippen molar-refractivity contribution < 1.29 is 0 Å². The zero-order valence-corrected chi connectivity index (χ0v) is 16.8. The lowest BCUT2D eigenvalue weighted by Gasteiger charge is -2.33. The maximum Gasteiger partial charge on any atom is 0.0164 e. The van der Waals surface area contributed by atoms with Gasteiger partial charge in [0.25, 0.3) is 0 Å². The first-order valence-electron chi connectivity index (χ1n) is 10.2. The van der Waals surface area contributed by atoms with Crippen LogP contribution in [0.3, 0.4) is 0 Å². The van der Waals surface area contributed by atoms with E-state index < -0.39 is 0 Å². The molecule has 3 aliphatic carbocycles. The third kappa shape index (κ3) is 2.41. The molecule has 4 atom stereocenters. The van der Waals surface area contributed by atoms with Crippen LogP contribution in [0, 0.1) is 11.8 Å². The summed E-state index contributed by atoms with van der Waals surface area (Å²) in [5, 5.41) is 0. The summed E-state index contributed by atoms with van der Waals surface area (Å²) < 4.78 is 0. The van der Waals surface area contributed by atoms with Gasteiger partial charge in [0.2, 0.25) is 0 Å². The molecule has 1 saturated carbocycles. The lowest BCUT2D eigenvalue weighted by Crippen LogP contribution is -2.33. The Hall–Kier alpha value is -2.12. The maximum atomic E-state index is 2.65. The first kappa shape index (κ1) is 17.0. The summed E-state index contributed by atoms with van der Waals surface area (Å²) in [5.74, 6) is 1.78. The van der Waals surface area contributed by atoms with Crippen molar-refractivity contribution in [1.82, 2.24) is 4.90 Å². The first-order valence-corrected chi connectivity index (χ1v) is 10.2. The molecular weight excluding hydrogens is 326 g/mol. The maximum absolute atomic E-state index is 2.65. The van der Waals surface area contributed by atoms with Crippen LogP contribution in [-0.4, -0.2) is 25.0 Å². The summed E-state index contributed by atoms with van der Waals surface area (Å²) in [6.07, 6.45) is 6.52. The van der Waals surface area contributed by atoms with E-state index in [0.29, 0.717) is 23.8 Å². The molecule has 1 nitrogen and oxygen atoms in total. The van der Waals surface area contributed by atoms with E-state index in [4.69, 9.17) is 0 Å². The summed E-state index contributed by atoms with van der Waals surface area (Å²) >= 11 is 0. The predicted octanol–water partition coefficient (Wildman–Crippen LogP) is 5.65. The van der Waals surface area contributed by atoms with Crippen LogP contribution in [0.5, 0.6) is 0 Å². The fourth-order valence-corrected chi connectivity index (χ4v) is 5.91. The number of fused-ring (bicyclic) bond motifs is 4. The molecule has 0 radical (unpaired) electrons. The number of nitrogens with zero attached hydrogens (tertiary/aromatic N) is 1. The molecule has 2 aromatic carbocycles. The minimum Gasteiger partial charge on any atom is -0.306 e. The Bertz CT molecular complexity index is 932. The molecule has 0 N–H and O–H groups in total. The minimum atomic E-state index is 0.102. The SMILES string of the molecule is CN(C)C1CC(c2ccccc2)C2C=C3C(=CC21)c1ccccc1C3(C)C. The Morgan fingerprint density at radius 3 is 2.30 bits per heavy atom. The van der Waals surface area contributed by atoms with E-state index in [1.54, 1.807) is 5.57 Å². The molecule has 4 unspecified atom stereocenters. The normalized spacial score (nSPS) is 30.4. The Morgan fingerprint density at radius 2 is 1.56 bits per heavy atom. The van der Waals surface area contributed by atoms with Gasteiger partial charge in [0.15, 0.2) is 0 Å². The van der Waals surface area contributed by atoms with Crippen LogP contribution in [-0.2, 0) is 5.41 Å². The molecule has 2 aromatic rings. The third-order valence-corrected chi connectivity index (χ3v) is 7.31. The quantitative estimate of drug-likeness (QED) is 0.673. The van der Waals surface area contributed by atoms with Gasteiger partial charge in [-0.1, -0.05) is 80.6 Å². The lowest BCUT2D eigenvalue weighted by atomic mass is 9.73. The number of hydrogen-bond acceptors (Lipinski definition) is 1. The highest BCUT2D eigenvalue weighted by atomic mass is 15.1. The van der Waals surface area contributed by atoms with E-state index in [1.807, 2.05) is 0 Å². The van der Waals surface area contributed by atoms with Crippen molar-refractivity contribution in [1.29, 1.82) is 0 Å². The van der Waals surface area contributed by atoms with Gasteiger partial charge in [-0.3, -0.25) is 0 Å². The summed E-state index contributed by atoms with van der Waals surface area (Å²) in [5.41, 5.74) is 7.58. The molecule has 5 rings (SSSR count). The monoisotopic (exact) mass is 355 g/mol. The topological polar surface area (TPSA) is 3.24 Å². The molecule has 0 amide bonds. The Morgan fingerprint density at radius 1 is 0.852 bits per heavy atom. The first-order chi connectivity index (χ1) is 13.0. The standard InChI is InChI=1S/C26H29N/c1-26(2)23-13-9-8-12-18(23)21-14-22-20(15-24(21)26)19(16-25(22)27(3)4)17-10-6-5-7-11-17/h5-15,19-20,22,25H,16H2,1-4H3. The van der Waals surface area contributed by atoms with Crippen molar-refractivity contribution in [2.75, 3.05) is 14.1 Å². The van der Waals surface area contributed by atoms with Crippen molar-refractivity contribution in [3.8, 4) is 0 Å². The molecule has 1 fully saturated rings. The van der Waals surface area contributed by atoms with Gasteiger partial charge in [-0.25, -0.2) is 0 Å². The summed E-state index contributed by atoms with van der Waals surface area (Å²) in [6.45, 7) is 4.80. The second kappa shape index (κ2) is 5.94. The van der Waals surface area contributed by atoms with Gasteiger partial charge in [-0.15, -0.1) is 0 Å². The van der Waals surface area contributed by atoms with Crippen molar-refractivity contribution in [2.24, 2.45) is 11.8 Å². The summed E-state index contributed by atoms with van der Waals surface area (Å²) in [6, 6.07) is 20.8. The van der Waals surface area contributed by atoms with Gasteiger partial charge in [-0.2, -0.15) is 0 Å². The molecular formula is C26H29N. The van der Waals surface area contributed by atoms with Gasteiger partial charge in [0.05, 0.1) is 0 Å². The molecule has 0 saturated heterocycles. The molecule has 27 heavy (non-hydrogen) atoms. The minimum absolute atomic E-state index is 0.102. The number of hydrogen-bond donors (Lipinski definition) is 0. The van der Waals surface area contributed by atoms with Crippen LogP contribution in [0.25, 0.3) is 5.57 Å². The van der Waals surface area contributed by atoms with Crippen molar-refractivity contribution in [2.45, 2.75) is 37.6 Å². The third-order valence-electron chi connectivity index (χ3n) is 7.31. The van der Waals surface area contributed by atoms with E-state index in [-0.39, 0.29) is 5.41 Å². The highest BCUT2D eigenvalue weighted by Gasteiger charge is 2.48. The molecule has 0 aliphatic heterocycles. The van der Waals surface area contributed by atoms with Crippen LogP contribution in [0.1, 0.15) is 42.9 Å². The van der Waals surface area contributed by atoms with Crippen LogP contribution < -0.4 is 0 Å². The zero-order chi connectivity index (χ0) is 18.8. The van der Waals surface area contributed by atoms with E-state index in [2.05, 4.69) is 99.6 Å². The largest absolute Gasteiger partial charge is 0.306 e. The highest BCUT2D eigenvalue weighted by Crippen LogP contribution is 2.57. The van der Waals surface area contributed by atoms with Gasteiger partial charge >= 0.3 is 0 Å². The van der Waals surface area contributed by atoms with Crippen LogP contribution in [0.15, 0.2) is 72.3 Å². The van der Waals surface area contributed by atoms with E-state index in [9.17, 15) is 0 Å². The number of allylic oxidation sites excluding steroid dienone is 3. The Kier molecular flexibility index (Phi) is 3.74. The van der Waals surface area contributed by atoms with E-state index >= 15 is 0 Å². The van der Waals surface area contributed by atoms with Gasteiger partial charge in [-0.05, 0) is 60.2 Å². The molecule has 1 heteroatoms. The number of rotatable bonds is 2. The molecule has 3 aliphatic rings. The molecule has 0 bridgehead atoms.